The van der Waals surface area contributed by atoms with Gasteiger partial charge in [-0.25, -0.2) is 0 Å². The Hall–Kier alpha value is -1.06. The lowest BCUT2D eigenvalue weighted by atomic mass is 9.86. The van der Waals surface area contributed by atoms with Crippen LogP contribution < -0.4 is 10.1 Å². The molecule has 0 radical (unpaired) electrons. The molecule has 1 aliphatic rings. The number of nitrogens with zero attached hydrogens (tertiary/aromatic N) is 1. The highest BCUT2D eigenvalue weighted by Gasteiger charge is 2.20. The van der Waals surface area contributed by atoms with Gasteiger partial charge in [0.05, 0.1) is 7.11 Å². The molecule has 118 valence electrons. The van der Waals surface area contributed by atoms with E-state index in [1.54, 1.807) is 7.11 Å². The van der Waals surface area contributed by atoms with E-state index in [2.05, 4.69) is 42.4 Å². The fourth-order valence-corrected chi connectivity index (χ4v) is 3.22. The van der Waals surface area contributed by atoms with Crippen LogP contribution >= 0.6 is 0 Å². The fourth-order valence-electron chi connectivity index (χ4n) is 3.22. The molecule has 1 N–H and O–H groups in total. The zero-order valence-electron chi connectivity index (χ0n) is 13.8. The first-order chi connectivity index (χ1) is 10.2. The lowest BCUT2D eigenvalue weighted by Gasteiger charge is -2.30. The van der Waals surface area contributed by atoms with Crippen molar-refractivity contribution in [2.75, 3.05) is 27.2 Å². The maximum Gasteiger partial charge on any atom is 0.119 e. The summed E-state index contributed by atoms with van der Waals surface area (Å²) in [5.41, 5.74) is 1.31. The molecule has 1 aromatic rings. The second kappa shape index (κ2) is 8.40. The minimum atomic E-state index is 0.726. The highest BCUT2D eigenvalue weighted by atomic mass is 16.5. The van der Waals surface area contributed by atoms with Crippen molar-refractivity contribution < 1.29 is 4.74 Å². The number of methoxy groups -OCH3 is 1. The van der Waals surface area contributed by atoms with Crippen molar-refractivity contribution in [1.29, 1.82) is 0 Å². The topological polar surface area (TPSA) is 24.5 Å². The number of ether oxygens (including phenoxy) is 1. The lowest BCUT2D eigenvalue weighted by molar-refractivity contribution is 0.258. The summed E-state index contributed by atoms with van der Waals surface area (Å²) in [6, 6.07) is 9.06. The van der Waals surface area contributed by atoms with Gasteiger partial charge < -0.3 is 15.0 Å². The number of benzene rings is 1. The predicted octanol–water partition coefficient (Wildman–Crippen LogP) is 3.30. The van der Waals surface area contributed by atoms with Crippen LogP contribution in [0.3, 0.4) is 0 Å². The largest absolute Gasteiger partial charge is 0.497 e. The molecule has 2 rings (SSSR count). The molecule has 0 bridgehead atoms. The smallest absolute Gasteiger partial charge is 0.119 e. The van der Waals surface area contributed by atoms with Crippen molar-refractivity contribution in [2.24, 2.45) is 5.92 Å². The van der Waals surface area contributed by atoms with Gasteiger partial charge in [0.2, 0.25) is 0 Å². The quantitative estimate of drug-likeness (QED) is 0.834. The number of likely N-dealkylation sites (N-methyl/N-ethyl adjacent to an activating group) is 1. The van der Waals surface area contributed by atoms with Crippen LogP contribution in [-0.2, 0) is 6.54 Å². The summed E-state index contributed by atoms with van der Waals surface area (Å²) in [7, 11) is 3.91. The summed E-state index contributed by atoms with van der Waals surface area (Å²) in [5.74, 6) is 1.78. The number of hydrogen-bond donors (Lipinski definition) is 1. The minimum absolute atomic E-state index is 0.726. The SMILES string of the molecule is COc1cccc(CN(C)CCNC2CCCCC2C)c1. The van der Waals surface area contributed by atoms with E-state index in [9.17, 15) is 0 Å². The number of nitrogens with one attached hydrogen (secondary N) is 1. The highest BCUT2D eigenvalue weighted by Crippen LogP contribution is 2.23. The van der Waals surface area contributed by atoms with E-state index in [0.717, 1.165) is 37.3 Å². The van der Waals surface area contributed by atoms with E-state index >= 15 is 0 Å². The van der Waals surface area contributed by atoms with E-state index in [0.29, 0.717) is 0 Å². The van der Waals surface area contributed by atoms with Gasteiger partial charge in [0.1, 0.15) is 5.75 Å². The molecular formula is C18H30N2O. The Balaban J connectivity index is 1.70. The first kappa shape index (κ1) is 16.3. The van der Waals surface area contributed by atoms with Gasteiger partial charge >= 0.3 is 0 Å². The van der Waals surface area contributed by atoms with Crippen LogP contribution in [0.25, 0.3) is 0 Å². The Kier molecular flexibility index (Phi) is 6.52. The molecule has 0 saturated heterocycles. The van der Waals surface area contributed by atoms with Crippen LogP contribution in [0, 0.1) is 5.92 Å². The standard InChI is InChI=1S/C18H30N2O/c1-15-7-4-5-10-18(15)19-11-12-20(2)14-16-8-6-9-17(13-16)21-3/h6,8-9,13,15,18-19H,4-5,7,10-12,14H2,1-3H3. The van der Waals surface area contributed by atoms with Gasteiger partial charge in [-0.2, -0.15) is 0 Å². The van der Waals surface area contributed by atoms with Crippen LogP contribution in [0.1, 0.15) is 38.2 Å². The zero-order chi connectivity index (χ0) is 15.1. The molecule has 0 aromatic heterocycles. The van der Waals surface area contributed by atoms with E-state index in [4.69, 9.17) is 4.74 Å². The highest BCUT2D eigenvalue weighted by molar-refractivity contribution is 5.28. The third-order valence-corrected chi connectivity index (χ3v) is 4.60. The van der Waals surface area contributed by atoms with Crippen LogP contribution in [0.2, 0.25) is 0 Å². The minimum Gasteiger partial charge on any atom is -0.497 e. The first-order valence-electron chi connectivity index (χ1n) is 8.24. The average Bonchev–Trinajstić information content (AvgIpc) is 2.49. The van der Waals surface area contributed by atoms with Gasteiger partial charge in [-0.3, -0.25) is 0 Å². The fraction of sp³-hybridized carbons (Fsp3) is 0.667. The van der Waals surface area contributed by atoms with E-state index in [1.807, 2.05) is 6.07 Å². The summed E-state index contributed by atoms with van der Waals surface area (Å²) >= 11 is 0. The molecule has 2 unspecified atom stereocenters. The van der Waals surface area contributed by atoms with Crippen LogP contribution in [-0.4, -0.2) is 38.2 Å². The van der Waals surface area contributed by atoms with Crippen molar-refractivity contribution >= 4 is 0 Å². The Labute approximate surface area is 129 Å². The van der Waals surface area contributed by atoms with E-state index in [-0.39, 0.29) is 0 Å². The van der Waals surface area contributed by atoms with Gasteiger partial charge in [0.25, 0.3) is 0 Å². The summed E-state index contributed by atoms with van der Waals surface area (Å²) < 4.78 is 5.28. The zero-order valence-corrected chi connectivity index (χ0v) is 13.8. The third kappa shape index (κ3) is 5.33. The summed E-state index contributed by atoms with van der Waals surface area (Å²) in [5, 5.41) is 3.74. The summed E-state index contributed by atoms with van der Waals surface area (Å²) in [6.07, 6.45) is 5.54. The van der Waals surface area contributed by atoms with Crippen molar-refractivity contribution in [2.45, 2.75) is 45.2 Å². The molecule has 0 heterocycles. The molecule has 1 saturated carbocycles. The van der Waals surface area contributed by atoms with Crippen LogP contribution in [0.4, 0.5) is 0 Å². The molecule has 21 heavy (non-hydrogen) atoms. The van der Waals surface area contributed by atoms with Gasteiger partial charge in [-0.15, -0.1) is 0 Å². The Morgan fingerprint density at radius 3 is 2.86 bits per heavy atom. The van der Waals surface area contributed by atoms with Gasteiger partial charge in [-0.05, 0) is 43.5 Å². The van der Waals surface area contributed by atoms with Crippen LogP contribution in [0.5, 0.6) is 5.75 Å². The maximum atomic E-state index is 5.28. The Bertz CT molecular complexity index is 421. The normalized spacial score (nSPS) is 22.5. The van der Waals surface area contributed by atoms with Crippen molar-refractivity contribution in [3.63, 3.8) is 0 Å². The molecule has 3 nitrogen and oxygen atoms in total. The molecule has 1 aliphatic carbocycles. The Morgan fingerprint density at radius 1 is 1.29 bits per heavy atom. The molecule has 0 amide bonds. The van der Waals surface area contributed by atoms with Crippen molar-refractivity contribution in [3.05, 3.63) is 29.8 Å². The second-order valence-electron chi connectivity index (χ2n) is 6.41. The first-order valence-corrected chi connectivity index (χ1v) is 8.24. The maximum absolute atomic E-state index is 5.28. The molecular weight excluding hydrogens is 260 g/mol. The molecule has 0 aliphatic heterocycles. The van der Waals surface area contributed by atoms with Crippen molar-refractivity contribution in [1.82, 2.24) is 10.2 Å². The molecule has 1 aromatic carbocycles. The monoisotopic (exact) mass is 290 g/mol. The van der Waals surface area contributed by atoms with E-state index < -0.39 is 0 Å². The van der Waals surface area contributed by atoms with Crippen LogP contribution in [0.15, 0.2) is 24.3 Å². The lowest BCUT2D eigenvalue weighted by Crippen LogP contribution is -2.40. The van der Waals surface area contributed by atoms with E-state index in [1.165, 1.54) is 31.2 Å². The molecule has 3 heteroatoms. The van der Waals surface area contributed by atoms with Gasteiger partial charge in [0.15, 0.2) is 0 Å². The summed E-state index contributed by atoms with van der Waals surface area (Å²) in [4.78, 5) is 2.37. The number of rotatable bonds is 7. The predicted molar refractivity (Wildman–Crippen MR) is 88.8 cm³/mol. The second-order valence-corrected chi connectivity index (χ2v) is 6.41. The molecule has 0 spiro atoms. The van der Waals surface area contributed by atoms with Gasteiger partial charge in [-0.1, -0.05) is 31.9 Å². The Morgan fingerprint density at radius 2 is 2.10 bits per heavy atom. The molecule has 1 fully saturated rings. The van der Waals surface area contributed by atoms with Gasteiger partial charge in [0, 0.05) is 25.7 Å². The molecule has 2 atom stereocenters. The number of hydrogen-bond acceptors (Lipinski definition) is 3. The summed E-state index contributed by atoms with van der Waals surface area (Å²) in [6.45, 7) is 5.52. The average molecular weight is 290 g/mol. The third-order valence-electron chi connectivity index (χ3n) is 4.60. The van der Waals surface area contributed by atoms with Crippen molar-refractivity contribution in [3.8, 4) is 5.75 Å².